The second-order valence-electron chi connectivity index (χ2n) is 13.7. The van der Waals surface area contributed by atoms with E-state index >= 15 is 0 Å². The fraction of sp³-hybridized carbons (Fsp3) is 0.366. The summed E-state index contributed by atoms with van der Waals surface area (Å²) in [5.41, 5.74) is 8.02. The van der Waals surface area contributed by atoms with Gasteiger partial charge in [0, 0.05) is 50.2 Å². The van der Waals surface area contributed by atoms with Gasteiger partial charge in [-0.15, -0.1) is 0 Å². The molecule has 2 saturated heterocycles. The number of hydrazine groups is 1. The summed E-state index contributed by atoms with van der Waals surface area (Å²) in [6.07, 6.45) is 1.75. The molecule has 2 fully saturated rings. The van der Waals surface area contributed by atoms with Gasteiger partial charge in [0.2, 0.25) is 11.7 Å². The van der Waals surface area contributed by atoms with Gasteiger partial charge in [-0.25, -0.2) is 14.4 Å². The van der Waals surface area contributed by atoms with Gasteiger partial charge >= 0.3 is 0 Å². The van der Waals surface area contributed by atoms with Crippen LogP contribution in [0.25, 0.3) is 11.0 Å². The molecule has 1 unspecified atom stereocenters. The number of methoxy groups -OCH3 is 4. The predicted octanol–water partition coefficient (Wildman–Crippen LogP) is 6.08. The zero-order valence-corrected chi connectivity index (χ0v) is 30.8. The minimum absolute atomic E-state index is 0.0650. The molecule has 0 saturated carbocycles. The third-order valence-corrected chi connectivity index (χ3v) is 10.7. The fourth-order valence-electron chi connectivity index (χ4n) is 7.65. The zero-order valence-electron chi connectivity index (χ0n) is 30.8. The Morgan fingerprint density at radius 3 is 2.19 bits per heavy atom. The fourth-order valence-corrected chi connectivity index (χ4v) is 7.65. The molecule has 278 valence electrons. The first-order valence-electron chi connectivity index (χ1n) is 18.0. The third-order valence-electron chi connectivity index (χ3n) is 10.7. The van der Waals surface area contributed by atoms with Crippen molar-refractivity contribution in [2.75, 3.05) is 79.7 Å². The van der Waals surface area contributed by atoms with Crippen molar-refractivity contribution in [3.8, 4) is 23.0 Å². The van der Waals surface area contributed by atoms with Crippen LogP contribution < -0.4 is 24.4 Å². The SMILES string of the molecule is COc1ccc(C2(CCN3CCN(Nc4nc5ccccc5n4Cc4ccc(F)cc4)CC3)CCN(C(=O)c3cc(OC)c(OC)c(OC)c3)C2)cc1. The second kappa shape index (κ2) is 15.7. The number of imidazole rings is 1. The van der Waals surface area contributed by atoms with E-state index in [-0.39, 0.29) is 17.1 Å². The van der Waals surface area contributed by atoms with Gasteiger partial charge in [-0.05, 0) is 79.0 Å². The first kappa shape index (κ1) is 36.0. The van der Waals surface area contributed by atoms with Crippen molar-refractivity contribution in [3.05, 3.63) is 107 Å². The van der Waals surface area contributed by atoms with E-state index < -0.39 is 0 Å². The molecule has 53 heavy (non-hydrogen) atoms. The Morgan fingerprint density at radius 2 is 1.53 bits per heavy atom. The Morgan fingerprint density at radius 1 is 0.830 bits per heavy atom. The Bertz CT molecular complexity index is 2000. The predicted molar refractivity (Wildman–Crippen MR) is 203 cm³/mol. The first-order valence-corrected chi connectivity index (χ1v) is 18.0. The molecule has 0 radical (unpaired) electrons. The molecule has 0 bridgehead atoms. The second-order valence-corrected chi connectivity index (χ2v) is 13.7. The van der Waals surface area contributed by atoms with E-state index in [1.54, 1.807) is 40.6 Å². The lowest BCUT2D eigenvalue weighted by Gasteiger charge is -2.37. The number of ether oxygens (including phenoxy) is 4. The van der Waals surface area contributed by atoms with Gasteiger partial charge in [0.25, 0.3) is 5.91 Å². The number of amides is 1. The van der Waals surface area contributed by atoms with Crippen LogP contribution in [-0.2, 0) is 12.0 Å². The maximum Gasteiger partial charge on any atom is 0.254 e. The minimum Gasteiger partial charge on any atom is -0.497 e. The number of nitrogens with one attached hydrogen (secondary N) is 1. The van der Waals surface area contributed by atoms with Crippen LogP contribution >= 0.6 is 0 Å². The summed E-state index contributed by atoms with van der Waals surface area (Å²) in [7, 11) is 6.34. The summed E-state index contributed by atoms with van der Waals surface area (Å²) in [4.78, 5) is 23.4. The number of hydrogen-bond donors (Lipinski definition) is 1. The summed E-state index contributed by atoms with van der Waals surface area (Å²) < 4.78 is 37.8. The van der Waals surface area contributed by atoms with Crippen LogP contribution in [0.15, 0.2) is 84.9 Å². The van der Waals surface area contributed by atoms with E-state index in [0.29, 0.717) is 42.4 Å². The molecule has 7 rings (SSSR count). The molecule has 3 heterocycles. The molecule has 2 aliphatic rings. The lowest BCUT2D eigenvalue weighted by atomic mass is 9.76. The van der Waals surface area contributed by atoms with Crippen LogP contribution in [0, 0.1) is 5.82 Å². The third kappa shape index (κ3) is 7.60. The van der Waals surface area contributed by atoms with Crippen molar-refractivity contribution < 1.29 is 28.1 Å². The van der Waals surface area contributed by atoms with Gasteiger partial charge in [0.1, 0.15) is 11.6 Å². The number of piperazine rings is 1. The highest BCUT2D eigenvalue weighted by molar-refractivity contribution is 5.96. The summed E-state index contributed by atoms with van der Waals surface area (Å²) >= 11 is 0. The van der Waals surface area contributed by atoms with Crippen LogP contribution in [0.3, 0.4) is 0 Å². The number of rotatable bonds is 13. The van der Waals surface area contributed by atoms with E-state index in [2.05, 4.69) is 38.1 Å². The van der Waals surface area contributed by atoms with Gasteiger partial charge in [-0.3, -0.25) is 10.2 Å². The minimum atomic E-state index is -0.246. The number of carbonyl (C=O) groups is 1. The van der Waals surface area contributed by atoms with Gasteiger partial charge in [0.05, 0.1) is 46.0 Å². The first-order chi connectivity index (χ1) is 25.8. The molecule has 5 aromatic rings. The van der Waals surface area contributed by atoms with Crippen molar-refractivity contribution in [1.29, 1.82) is 0 Å². The lowest BCUT2D eigenvalue weighted by molar-refractivity contribution is 0.0778. The van der Waals surface area contributed by atoms with Crippen LogP contribution in [0.5, 0.6) is 23.0 Å². The number of para-hydroxylation sites is 2. The molecular formula is C41H47FN6O5. The van der Waals surface area contributed by atoms with Gasteiger partial charge in [-0.1, -0.05) is 36.4 Å². The summed E-state index contributed by atoms with van der Waals surface area (Å²) in [5, 5.41) is 2.23. The Balaban J connectivity index is 1.03. The molecule has 1 N–H and O–H groups in total. The number of aromatic nitrogens is 2. The molecule has 1 amide bonds. The van der Waals surface area contributed by atoms with E-state index in [4.69, 9.17) is 23.9 Å². The molecule has 2 aliphatic heterocycles. The molecule has 11 nitrogen and oxygen atoms in total. The molecule has 12 heteroatoms. The van der Waals surface area contributed by atoms with Crippen molar-refractivity contribution in [1.82, 2.24) is 24.4 Å². The van der Waals surface area contributed by atoms with E-state index in [9.17, 15) is 9.18 Å². The molecular weight excluding hydrogens is 675 g/mol. The van der Waals surface area contributed by atoms with Gasteiger partial charge < -0.3 is 33.3 Å². The van der Waals surface area contributed by atoms with Crippen LogP contribution in [-0.4, -0.2) is 105 Å². The largest absolute Gasteiger partial charge is 0.497 e. The standard InChI is InChI=1S/C41H47FN6O5/c1-50-33-15-11-31(12-16-33)41(18-20-46(28-41)39(49)30-25-36(51-2)38(53-4)37(26-30)52-3)17-19-45-21-23-47(24-22-45)44-40-43-34-7-5-6-8-35(34)48(40)27-29-9-13-32(42)14-10-29/h5-16,25-26H,17-24,27-28H2,1-4H3,(H,43,44). The molecule has 1 atom stereocenters. The number of nitrogens with zero attached hydrogens (tertiary/aromatic N) is 5. The highest BCUT2D eigenvalue weighted by Crippen LogP contribution is 2.42. The van der Waals surface area contributed by atoms with Gasteiger partial charge in [-0.2, -0.15) is 0 Å². The topological polar surface area (TPSA) is 93.6 Å². The average Bonchev–Trinajstić information content (AvgIpc) is 3.79. The highest BCUT2D eigenvalue weighted by atomic mass is 19.1. The van der Waals surface area contributed by atoms with Gasteiger partial charge in [0.15, 0.2) is 11.5 Å². The maximum atomic E-state index is 14.0. The number of halogens is 1. The Kier molecular flexibility index (Phi) is 10.7. The zero-order chi connectivity index (χ0) is 37.0. The van der Waals surface area contributed by atoms with Crippen LogP contribution in [0.2, 0.25) is 0 Å². The van der Waals surface area contributed by atoms with E-state index in [0.717, 1.165) is 73.9 Å². The number of benzene rings is 4. The maximum absolute atomic E-state index is 14.0. The van der Waals surface area contributed by atoms with Crippen molar-refractivity contribution in [3.63, 3.8) is 0 Å². The van der Waals surface area contributed by atoms with Crippen LogP contribution in [0.1, 0.15) is 34.3 Å². The number of likely N-dealkylation sites (tertiary alicyclic amines) is 1. The number of anilines is 1. The molecule has 1 aromatic heterocycles. The average molecular weight is 723 g/mol. The van der Waals surface area contributed by atoms with E-state index in [1.807, 2.05) is 47.4 Å². The van der Waals surface area contributed by atoms with Crippen LogP contribution in [0.4, 0.5) is 10.3 Å². The Labute approximate surface area is 309 Å². The summed E-state index contributed by atoms with van der Waals surface area (Å²) in [6, 6.07) is 26.5. The number of fused-ring (bicyclic) bond motifs is 1. The number of carbonyl (C=O) groups excluding carboxylic acids is 1. The summed E-state index contributed by atoms with van der Waals surface area (Å²) in [5.74, 6) is 2.63. The normalized spacial score (nSPS) is 17.9. The summed E-state index contributed by atoms with van der Waals surface area (Å²) in [6.45, 7) is 6.13. The van der Waals surface area contributed by atoms with Crippen molar-refractivity contribution in [2.24, 2.45) is 0 Å². The molecule has 0 aliphatic carbocycles. The quantitative estimate of drug-likeness (QED) is 0.155. The van der Waals surface area contributed by atoms with E-state index in [1.165, 1.54) is 17.7 Å². The smallest absolute Gasteiger partial charge is 0.254 e. The number of hydrogen-bond acceptors (Lipinski definition) is 9. The highest BCUT2D eigenvalue weighted by Gasteiger charge is 2.42. The Hall–Kier alpha value is -5.33. The van der Waals surface area contributed by atoms with Crippen molar-refractivity contribution in [2.45, 2.75) is 24.8 Å². The van der Waals surface area contributed by atoms with Crippen molar-refractivity contribution >= 4 is 22.9 Å². The monoisotopic (exact) mass is 722 g/mol. The lowest BCUT2D eigenvalue weighted by Crippen LogP contribution is -2.50. The molecule has 4 aromatic carbocycles. The molecule has 0 spiro atoms.